The van der Waals surface area contributed by atoms with Gasteiger partial charge < -0.3 is 9.31 Å². The Morgan fingerprint density at radius 1 is 1.16 bits per heavy atom. The zero-order chi connectivity index (χ0) is 19.3. The molecule has 0 aliphatic carbocycles. The number of halogens is 1. The number of hydrogen-bond donors (Lipinski definition) is 1. The van der Waals surface area contributed by atoms with Crippen molar-refractivity contribution in [2.75, 3.05) is 6.26 Å². The molecule has 0 unspecified atom stereocenters. The molecule has 0 aromatic carbocycles. The van der Waals surface area contributed by atoms with Crippen LogP contribution in [0.25, 0.3) is 0 Å². The van der Waals surface area contributed by atoms with Gasteiger partial charge in [0.15, 0.2) is 0 Å². The lowest BCUT2D eigenvalue weighted by Gasteiger charge is -2.32. The molecule has 0 bridgehead atoms. The van der Waals surface area contributed by atoms with Crippen molar-refractivity contribution in [3.05, 3.63) is 23.0 Å². The van der Waals surface area contributed by atoms with Crippen LogP contribution in [0.1, 0.15) is 33.3 Å². The van der Waals surface area contributed by atoms with Gasteiger partial charge in [-0.15, -0.1) is 4.13 Å². The number of aromatic nitrogens is 1. The number of rotatable bonds is 5. The highest BCUT2D eigenvalue weighted by molar-refractivity contribution is 8.04. The smallest absolute Gasteiger partial charge is 0.399 e. The van der Waals surface area contributed by atoms with Gasteiger partial charge in [-0.05, 0) is 27.7 Å². The van der Waals surface area contributed by atoms with Crippen molar-refractivity contribution in [1.29, 1.82) is 0 Å². The van der Waals surface area contributed by atoms with Crippen LogP contribution in [0.15, 0.2) is 12.3 Å². The standard InChI is InChI=1S/C13H20BClN2O6S2/c1-12(2)13(3,4)23-14(22-12)10-6-9(11(15)16-7-10)8-25(20,21)17-24(5,18)19/h6-7,17H,8H2,1-5H3. The summed E-state index contributed by atoms with van der Waals surface area (Å²) in [7, 11) is -8.80. The molecule has 0 amide bonds. The molecule has 1 aliphatic rings. The highest BCUT2D eigenvalue weighted by atomic mass is 35.5. The number of sulfonamides is 2. The molecular weight excluding hydrogens is 391 g/mol. The normalized spacial score (nSPS) is 20.0. The summed E-state index contributed by atoms with van der Waals surface area (Å²) in [6.45, 7) is 7.55. The van der Waals surface area contributed by atoms with Crippen molar-refractivity contribution >= 4 is 44.2 Å². The van der Waals surface area contributed by atoms with Crippen molar-refractivity contribution < 1.29 is 26.1 Å². The molecule has 12 heteroatoms. The Bertz CT molecular complexity index is 870. The third-order valence-corrected chi connectivity index (χ3v) is 7.34. The van der Waals surface area contributed by atoms with E-state index in [1.807, 2.05) is 27.7 Å². The van der Waals surface area contributed by atoms with E-state index < -0.39 is 44.1 Å². The zero-order valence-electron chi connectivity index (χ0n) is 14.5. The molecule has 25 heavy (non-hydrogen) atoms. The molecular formula is C13H20BClN2O6S2. The Morgan fingerprint density at radius 3 is 2.16 bits per heavy atom. The van der Waals surface area contributed by atoms with E-state index in [0.29, 0.717) is 5.46 Å². The van der Waals surface area contributed by atoms with Gasteiger partial charge in [-0.2, -0.15) is 0 Å². The van der Waals surface area contributed by atoms with Crippen LogP contribution in [0, 0.1) is 0 Å². The SMILES string of the molecule is CC1(C)OB(c2cnc(Cl)c(CS(=O)(=O)NS(C)(=O)=O)c2)OC1(C)C. The number of nitrogens with one attached hydrogen (secondary N) is 1. The van der Waals surface area contributed by atoms with Crippen LogP contribution in [-0.4, -0.2) is 46.4 Å². The van der Waals surface area contributed by atoms with Crippen molar-refractivity contribution in [3.8, 4) is 0 Å². The average molecular weight is 411 g/mol. The second kappa shape index (κ2) is 6.47. The molecule has 1 aliphatic heterocycles. The van der Waals surface area contributed by atoms with Crippen LogP contribution in [0.4, 0.5) is 0 Å². The Balaban J connectivity index is 2.31. The van der Waals surface area contributed by atoms with E-state index >= 15 is 0 Å². The Morgan fingerprint density at radius 2 is 1.68 bits per heavy atom. The van der Waals surface area contributed by atoms with Crippen molar-refractivity contribution in [2.24, 2.45) is 0 Å². The third kappa shape index (κ3) is 4.92. The van der Waals surface area contributed by atoms with Gasteiger partial charge in [0.05, 0.1) is 23.2 Å². The maximum absolute atomic E-state index is 12.0. The molecule has 0 saturated carbocycles. The summed E-state index contributed by atoms with van der Waals surface area (Å²) in [6.07, 6.45) is 2.19. The van der Waals surface area contributed by atoms with Gasteiger partial charge in [0.1, 0.15) is 5.15 Å². The van der Waals surface area contributed by atoms with E-state index in [0.717, 1.165) is 6.26 Å². The minimum atomic E-state index is -4.14. The molecule has 2 heterocycles. The summed E-state index contributed by atoms with van der Waals surface area (Å²) in [5, 5.41) is -0.0425. The second-order valence-electron chi connectivity index (χ2n) is 6.92. The average Bonchev–Trinajstić information content (AvgIpc) is 2.58. The van der Waals surface area contributed by atoms with Crippen LogP contribution in [0.2, 0.25) is 5.15 Å². The van der Waals surface area contributed by atoms with Crippen molar-refractivity contribution in [3.63, 3.8) is 0 Å². The molecule has 1 N–H and O–H groups in total. The first-order valence-electron chi connectivity index (χ1n) is 7.33. The van der Waals surface area contributed by atoms with Crippen LogP contribution >= 0.6 is 11.6 Å². The van der Waals surface area contributed by atoms with E-state index in [-0.39, 0.29) is 10.7 Å². The lowest BCUT2D eigenvalue weighted by atomic mass is 9.80. The maximum atomic E-state index is 12.0. The number of nitrogens with zero attached hydrogens (tertiary/aromatic N) is 1. The zero-order valence-corrected chi connectivity index (χ0v) is 16.9. The molecule has 0 spiro atoms. The maximum Gasteiger partial charge on any atom is 0.496 e. The second-order valence-corrected chi connectivity index (χ2v) is 11.0. The quantitative estimate of drug-likeness (QED) is 0.553. The van der Waals surface area contributed by atoms with E-state index in [1.54, 1.807) is 4.13 Å². The molecule has 140 valence electrons. The van der Waals surface area contributed by atoms with Gasteiger partial charge >= 0.3 is 7.12 Å². The van der Waals surface area contributed by atoms with Crippen molar-refractivity contribution in [2.45, 2.75) is 44.6 Å². The molecule has 0 radical (unpaired) electrons. The highest BCUT2D eigenvalue weighted by Crippen LogP contribution is 2.36. The summed E-state index contributed by atoms with van der Waals surface area (Å²) in [5.74, 6) is -0.640. The van der Waals surface area contributed by atoms with E-state index in [2.05, 4.69) is 4.98 Å². The summed E-state index contributed by atoms with van der Waals surface area (Å²) in [5.41, 5.74) is -0.499. The van der Waals surface area contributed by atoms with Gasteiger partial charge in [0, 0.05) is 17.2 Å². The van der Waals surface area contributed by atoms with Crippen LogP contribution < -0.4 is 9.59 Å². The molecule has 0 atom stereocenters. The lowest BCUT2D eigenvalue weighted by Crippen LogP contribution is -2.41. The van der Waals surface area contributed by atoms with Gasteiger partial charge in [-0.3, -0.25) is 0 Å². The topological polar surface area (TPSA) is 112 Å². The Labute approximate surface area is 153 Å². The van der Waals surface area contributed by atoms with Crippen LogP contribution in [0.3, 0.4) is 0 Å². The Hall–Kier alpha value is -0.715. The summed E-state index contributed by atoms with van der Waals surface area (Å²) < 4.78 is 59.6. The molecule has 1 aromatic rings. The summed E-state index contributed by atoms with van der Waals surface area (Å²) in [4.78, 5) is 3.96. The summed E-state index contributed by atoms with van der Waals surface area (Å²) in [6, 6.07) is 1.49. The van der Waals surface area contributed by atoms with Gasteiger partial charge in [-0.1, -0.05) is 17.7 Å². The van der Waals surface area contributed by atoms with Gasteiger partial charge in [-0.25, -0.2) is 21.8 Å². The minimum absolute atomic E-state index is 0.0425. The molecule has 8 nitrogen and oxygen atoms in total. The number of pyridine rings is 1. The van der Waals surface area contributed by atoms with Crippen LogP contribution in [0.5, 0.6) is 0 Å². The highest BCUT2D eigenvalue weighted by Gasteiger charge is 2.51. The number of hydrogen-bond acceptors (Lipinski definition) is 7. The largest absolute Gasteiger partial charge is 0.496 e. The molecule has 2 rings (SSSR count). The fourth-order valence-electron chi connectivity index (χ4n) is 2.19. The summed E-state index contributed by atoms with van der Waals surface area (Å²) >= 11 is 5.96. The van der Waals surface area contributed by atoms with E-state index in [4.69, 9.17) is 20.9 Å². The fourth-order valence-corrected chi connectivity index (χ4v) is 5.15. The predicted octanol–water partition coefficient (Wildman–Crippen LogP) is 0.413. The lowest BCUT2D eigenvalue weighted by molar-refractivity contribution is 0.00578. The van der Waals surface area contributed by atoms with E-state index in [9.17, 15) is 16.8 Å². The van der Waals surface area contributed by atoms with Crippen molar-refractivity contribution in [1.82, 2.24) is 9.11 Å². The predicted molar refractivity (Wildman–Crippen MR) is 95.6 cm³/mol. The van der Waals surface area contributed by atoms with Gasteiger partial charge in [0.2, 0.25) is 20.0 Å². The van der Waals surface area contributed by atoms with Gasteiger partial charge in [0.25, 0.3) is 0 Å². The monoisotopic (exact) mass is 410 g/mol. The fraction of sp³-hybridized carbons (Fsp3) is 0.615. The third-order valence-electron chi connectivity index (χ3n) is 4.08. The molecule has 1 saturated heterocycles. The molecule has 1 aromatic heterocycles. The Kier molecular flexibility index (Phi) is 5.33. The minimum Gasteiger partial charge on any atom is -0.399 e. The first-order chi connectivity index (χ1) is 11.1. The first-order valence-corrected chi connectivity index (χ1v) is 11.3. The first kappa shape index (κ1) is 20.6. The van der Waals surface area contributed by atoms with E-state index in [1.165, 1.54) is 12.3 Å². The molecule has 1 fully saturated rings. The van der Waals surface area contributed by atoms with Crippen LogP contribution in [-0.2, 0) is 35.1 Å².